The van der Waals surface area contributed by atoms with E-state index in [0.717, 1.165) is 34.2 Å². The maximum absolute atomic E-state index is 12.6. The van der Waals surface area contributed by atoms with Gasteiger partial charge in [0.1, 0.15) is 16.5 Å². The number of thiophene rings is 1. The van der Waals surface area contributed by atoms with E-state index in [4.69, 9.17) is 0 Å². The van der Waals surface area contributed by atoms with Crippen LogP contribution in [0.15, 0.2) is 23.1 Å². The third-order valence-corrected chi connectivity index (χ3v) is 7.88. The van der Waals surface area contributed by atoms with Crippen molar-refractivity contribution in [3.63, 3.8) is 0 Å². The van der Waals surface area contributed by atoms with Gasteiger partial charge in [-0.05, 0) is 57.7 Å². The molecule has 0 aromatic carbocycles. The first kappa shape index (κ1) is 21.8. The van der Waals surface area contributed by atoms with E-state index in [1.54, 1.807) is 6.20 Å². The van der Waals surface area contributed by atoms with Gasteiger partial charge in [-0.15, -0.1) is 23.1 Å². The second-order valence-corrected chi connectivity index (χ2v) is 10.4. The van der Waals surface area contributed by atoms with E-state index in [1.165, 1.54) is 42.4 Å². The van der Waals surface area contributed by atoms with E-state index in [0.29, 0.717) is 22.7 Å². The van der Waals surface area contributed by atoms with Crippen LogP contribution < -0.4 is 15.8 Å². The first-order valence-electron chi connectivity index (χ1n) is 10.5. The van der Waals surface area contributed by atoms with Crippen molar-refractivity contribution in [1.29, 1.82) is 0 Å². The van der Waals surface area contributed by atoms with Crippen molar-refractivity contribution >= 4 is 50.7 Å². The summed E-state index contributed by atoms with van der Waals surface area (Å²) in [5.74, 6) is 1.92. The minimum absolute atomic E-state index is 0.0937. The molecule has 1 aliphatic heterocycles. The number of fused-ring (bicyclic) bond motifs is 1. The molecule has 164 valence electrons. The van der Waals surface area contributed by atoms with Crippen molar-refractivity contribution in [2.24, 2.45) is 0 Å². The van der Waals surface area contributed by atoms with E-state index in [2.05, 4.69) is 25.2 Å². The lowest BCUT2D eigenvalue weighted by molar-refractivity contribution is -0.115. The number of aromatic amines is 1. The molecule has 4 rings (SSSR count). The number of thioether (sulfide) groups is 1. The number of pyridine rings is 1. The minimum atomic E-state index is -0.297. The molecular weight excluding hydrogens is 430 g/mol. The highest BCUT2D eigenvalue weighted by Crippen LogP contribution is 2.27. The van der Waals surface area contributed by atoms with Crippen molar-refractivity contribution in [2.45, 2.75) is 51.0 Å². The number of piperidine rings is 1. The van der Waals surface area contributed by atoms with E-state index in [9.17, 15) is 9.59 Å². The Morgan fingerprint density at radius 1 is 1.29 bits per heavy atom. The Morgan fingerprint density at radius 2 is 2.06 bits per heavy atom. The molecule has 2 N–H and O–H groups in total. The predicted octanol–water partition coefficient (Wildman–Crippen LogP) is 4.25. The van der Waals surface area contributed by atoms with Crippen molar-refractivity contribution in [3.05, 3.63) is 44.9 Å². The lowest BCUT2D eigenvalue weighted by Crippen LogP contribution is -2.30. The Labute approximate surface area is 189 Å². The summed E-state index contributed by atoms with van der Waals surface area (Å²) in [4.78, 5) is 41.1. The molecule has 7 nitrogen and oxygen atoms in total. The van der Waals surface area contributed by atoms with Gasteiger partial charge in [0.15, 0.2) is 0 Å². The second kappa shape index (κ2) is 9.40. The number of rotatable bonds is 6. The van der Waals surface area contributed by atoms with Crippen LogP contribution in [0.2, 0.25) is 0 Å². The normalized spacial score (nSPS) is 15.3. The molecular formula is C22H27N5O2S2. The molecule has 0 saturated carbocycles. The highest BCUT2D eigenvalue weighted by molar-refractivity contribution is 7.99. The fourth-order valence-corrected chi connectivity index (χ4v) is 5.46. The number of anilines is 2. The average Bonchev–Trinajstić information content (AvgIpc) is 3.07. The summed E-state index contributed by atoms with van der Waals surface area (Å²) < 4.78 is 0. The van der Waals surface area contributed by atoms with E-state index in [-0.39, 0.29) is 16.7 Å². The van der Waals surface area contributed by atoms with Crippen LogP contribution in [0.1, 0.15) is 42.5 Å². The summed E-state index contributed by atoms with van der Waals surface area (Å²) >= 11 is 2.97. The third-order valence-electron chi connectivity index (χ3n) is 5.62. The zero-order valence-electron chi connectivity index (χ0n) is 18.0. The van der Waals surface area contributed by atoms with Crippen LogP contribution >= 0.6 is 23.1 Å². The van der Waals surface area contributed by atoms with Crippen LogP contribution in [0, 0.1) is 13.8 Å². The minimum Gasteiger partial charge on any atom is -0.357 e. The highest BCUT2D eigenvalue weighted by Gasteiger charge is 2.17. The Kier molecular flexibility index (Phi) is 6.62. The predicted molar refractivity (Wildman–Crippen MR) is 129 cm³/mol. The second-order valence-electron chi connectivity index (χ2n) is 7.87. The molecule has 1 aliphatic rings. The molecule has 4 heterocycles. The topological polar surface area (TPSA) is 91.0 Å². The van der Waals surface area contributed by atoms with Crippen LogP contribution in [0.4, 0.5) is 11.5 Å². The van der Waals surface area contributed by atoms with E-state index >= 15 is 0 Å². The molecule has 1 atom stereocenters. The van der Waals surface area contributed by atoms with Crippen molar-refractivity contribution in [1.82, 2.24) is 15.0 Å². The van der Waals surface area contributed by atoms with Crippen molar-refractivity contribution < 1.29 is 4.79 Å². The maximum Gasteiger partial charge on any atom is 0.259 e. The first-order valence-corrected chi connectivity index (χ1v) is 12.4. The molecule has 1 amide bonds. The van der Waals surface area contributed by atoms with Gasteiger partial charge in [0.2, 0.25) is 5.91 Å². The van der Waals surface area contributed by atoms with E-state index in [1.807, 2.05) is 32.9 Å². The SMILES string of the molecule is Cc1sc2nc(CSC(C)C(=O)Nc3ccc(N4CCCCC4)nc3)[nH]c(=O)c2c1C. The zero-order chi connectivity index (χ0) is 22.0. The summed E-state index contributed by atoms with van der Waals surface area (Å²) in [7, 11) is 0. The van der Waals surface area contributed by atoms with Gasteiger partial charge in [-0.3, -0.25) is 9.59 Å². The van der Waals surface area contributed by atoms with Gasteiger partial charge >= 0.3 is 0 Å². The Bertz CT molecular complexity index is 1130. The number of hydrogen-bond acceptors (Lipinski definition) is 7. The summed E-state index contributed by atoms with van der Waals surface area (Å²) in [5.41, 5.74) is 1.57. The van der Waals surface area contributed by atoms with Crippen LogP contribution in [-0.2, 0) is 10.5 Å². The molecule has 1 fully saturated rings. The van der Waals surface area contributed by atoms with Crippen LogP contribution in [0.5, 0.6) is 0 Å². The van der Waals surface area contributed by atoms with Gasteiger partial charge in [0.25, 0.3) is 5.56 Å². The number of nitrogens with one attached hydrogen (secondary N) is 2. The van der Waals surface area contributed by atoms with Crippen LogP contribution in [0.25, 0.3) is 10.2 Å². The first-order chi connectivity index (χ1) is 14.9. The van der Waals surface area contributed by atoms with Gasteiger partial charge in [-0.25, -0.2) is 9.97 Å². The quantitative estimate of drug-likeness (QED) is 0.575. The Morgan fingerprint density at radius 3 is 2.77 bits per heavy atom. The van der Waals surface area contributed by atoms with Gasteiger partial charge in [-0.2, -0.15) is 0 Å². The standard InChI is InChI=1S/C22H27N5O2S2/c1-13-14(2)31-22-19(13)21(29)25-17(26-22)12-30-15(3)20(28)24-16-7-8-18(23-11-16)27-9-5-4-6-10-27/h7-8,11,15H,4-6,9-10,12H2,1-3H3,(H,24,28)(H,25,26,29). The van der Waals surface area contributed by atoms with Gasteiger partial charge < -0.3 is 15.2 Å². The molecule has 3 aromatic rings. The number of carbonyl (C=O) groups is 1. The highest BCUT2D eigenvalue weighted by atomic mass is 32.2. The number of hydrogen-bond donors (Lipinski definition) is 2. The van der Waals surface area contributed by atoms with Crippen LogP contribution in [-0.4, -0.2) is 39.2 Å². The molecule has 9 heteroatoms. The van der Waals surface area contributed by atoms with Crippen LogP contribution in [0.3, 0.4) is 0 Å². The number of H-pyrrole nitrogens is 1. The molecule has 0 spiro atoms. The molecule has 0 radical (unpaired) electrons. The van der Waals surface area contributed by atoms with Gasteiger partial charge in [0.05, 0.1) is 28.3 Å². The number of nitrogens with zero attached hydrogens (tertiary/aromatic N) is 3. The number of aryl methyl sites for hydroxylation is 2. The lowest BCUT2D eigenvalue weighted by Gasteiger charge is -2.27. The fourth-order valence-electron chi connectivity index (χ4n) is 3.66. The van der Waals surface area contributed by atoms with Gasteiger partial charge in [-0.1, -0.05) is 0 Å². The monoisotopic (exact) mass is 457 g/mol. The smallest absolute Gasteiger partial charge is 0.259 e. The molecule has 0 aliphatic carbocycles. The third kappa shape index (κ3) is 4.93. The van der Waals surface area contributed by atoms with Gasteiger partial charge in [0, 0.05) is 18.0 Å². The van der Waals surface area contributed by atoms with Crippen molar-refractivity contribution in [2.75, 3.05) is 23.3 Å². The van der Waals surface area contributed by atoms with E-state index < -0.39 is 0 Å². The number of aromatic nitrogens is 3. The maximum atomic E-state index is 12.6. The lowest BCUT2D eigenvalue weighted by atomic mass is 10.1. The molecule has 31 heavy (non-hydrogen) atoms. The molecule has 3 aromatic heterocycles. The summed E-state index contributed by atoms with van der Waals surface area (Å²) in [6.07, 6.45) is 5.40. The number of amides is 1. The summed E-state index contributed by atoms with van der Waals surface area (Å²) in [5, 5.41) is 3.30. The summed E-state index contributed by atoms with van der Waals surface area (Å²) in [6.45, 7) is 7.87. The summed E-state index contributed by atoms with van der Waals surface area (Å²) in [6, 6.07) is 3.87. The largest absolute Gasteiger partial charge is 0.357 e. The Balaban J connectivity index is 1.34. The van der Waals surface area contributed by atoms with Crippen molar-refractivity contribution in [3.8, 4) is 0 Å². The number of carbonyl (C=O) groups excluding carboxylic acids is 1. The molecule has 1 unspecified atom stereocenters. The average molecular weight is 458 g/mol. The zero-order valence-corrected chi connectivity index (χ0v) is 19.7. The molecule has 1 saturated heterocycles. The molecule has 0 bridgehead atoms. The Hall–Kier alpha value is -2.39. The fraction of sp³-hybridized carbons (Fsp3) is 0.455.